The minimum atomic E-state index is -1.05. The summed E-state index contributed by atoms with van der Waals surface area (Å²) in [6.07, 6.45) is 0.840. The van der Waals surface area contributed by atoms with E-state index in [0.717, 1.165) is 11.8 Å². The maximum Gasteiger partial charge on any atom is 0.351 e. The molecule has 2 heterocycles. The Morgan fingerprint density at radius 3 is 3.06 bits per heavy atom. The molecule has 1 aliphatic heterocycles. The summed E-state index contributed by atoms with van der Waals surface area (Å²) in [4.78, 5) is 25.6. The van der Waals surface area contributed by atoms with Crippen LogP contribution in [-0.2, 0) is 9.53 Å². The van der Waals surface area contributed by atoms with E-state index in [4.69, 9.17) is 15.6 Å². The Morgan fingerprint density at radius 1 is 1.75 bits per heavy atom. The van der Waals surface area contributed by atoms with Gasteiger partial charge in [-0.3, -0.25) is 4.57 Å². The lowest BCUT2D eigenvalue weighted by molar-refractivity contribution is -0.147. The van der Waals surface area contributed by atoms with E-state index in [2.05, 4.69) is 4.98 Å². The third kappa shape index (κ3) is 2.02. The highest BCUT2D eigenvalue weighted by Gasteiger charge is 2.32. The molecule has 8 heteroatoms. The van der Waals surface area contributed by atoms with Crippen molar-refractivity contribution in [1.29, 1.82) is 0 Å². The van der Waals surface area contributed by atoms with E-state index in [0.29, 0.717) is 5.75 Å². The van der Waals surface area contributed by atoms with Crippen LogP contribution >= 0.6 is 11.8 Å². The van der Waals surface area contributed by atoms with Crippen molar-refractivity contribution in [2.45, 2.75) is 11.7 Å². The smallest absolute Gasteiger partial charge is 0.351 e. The third-order valence-electron chi connectivity index (χ3n) is 2.03. The number of nitrogen functional groups attached to an aromatic ring is 1. The van der Waals surface area contributed by atoms with Crippen LogP contribution in [0.4, 0.5) is 5.82 Å². The van der Waals surface area contributed by atoms with Crippen molar-refractivity contribution in [1.82, 2.24) is 9.55 Å². The van der Waals surface area contributed by atoms with Crippen molar-refractivity contribution in [3.8, 4) is 0 Å². The Labute approximate surface area is 94.2 Å². The molecule has 16 heavy (non-hydrogen) atoms. The topological polar surface area (TPSA) is 107 Å². The lowest BCUT2D eigenvalue weighted by atomic mass is 10.5. The zero-order chi connectivity index (χ0) is 11.7. The van der Waals surface area contributed by atoms with Crippen LogP contribution in [0.25, 0.3) is 0 Å². The Bertz CT molecular complexity index is 475. The SMILES string of the molecule is Nc1ccn([C@H]2CS[C@@H](C(=O)O)O2)c(=O)n1. The van der Waals surface area contributed by atoms with Gasteiger partial charge in [-0.1, -0.05) is 0 Å². The van der Waals surface area contributed by atoms with E-state index < -0.39 is 23.3 Å². The van der Waals surface area contributed by atoms with Gasteiger partial charge in [0.2, 0.25) is 5.44 Å². The number of anilines is 1. The van der Waals surface area contributed by atoms with Crippen molar-refractivity contribution >= 4 is 23.5 Å². The monoisotopic (exact) mass is 243 g/mol. The molecule has 1 aromatic rings. The summed E-state index contributed by atoms with van der Waals surface area (Å²) in [5.41, 5.74) is 3.86. The summed E-state index contributed by atoms with van der Waals surface area (Å²) in [6.45, 7) is 0. The summed E-state index contributed by atoms with van der Waals surface area (Å²) >= 11 is 1.13. The summed E-state index contributed by atoms with van der Waals surface area (Å²) in [5, 5.41) is 8.72. The number of hydrogen-bond acceptors (Lipinski definition) is 6. The predicted octanol–water partition coefficient (Wildman–Crippen LogP) is -0.502. The third-order valence-corrected chi connectivity index (χ3v) is 3.13. The Morgan fingerprint density at radius 2 is 2.50 bits per heavy atom. The second-order valence-electron chi connectivity index (χ2n) is 3.14. The van der Waals surface area contributed by atoms with Crippen LogP contribution in [0, 0.1) is 0 Å². The molecule has 0 bridgehead atoms. The average Bonchev–Trinajstić information content (AvgIpc) is 2.66. The van der Waals surface area contributed by atoms with Crippen LogP contribution < -0.4 is 11.4 Å². The Hall–Kier alpha value is -1.54. The minimum Gasteiger partial charge on any atom is -0.479 e. The van der Waals surface area contributed by atoms with Gasteiger partial charge in [0.1, 0.15) is 12.0 Å². The number of aromatic nitrogens is 2. The second-order valence-corrected chi connectivity index (χ2v) is 4.23. The number of hydrogen-bond donors (Lipinski definition) is 2. The van der Waals surface area contributed by atoms with E-state index in [1.165, 1.54) is 16.8 Å². The van der Waals surface area contributed by atoms with Gasteiger partial charge in [0.25, 0.3) is 0 Å². The molecule has 2 atom stereocenters. The van der Waals surface area contributed by atoms with Gasteiger partial charge >= 0.3 is 11.7 Å². The highest BCUT2D eigenvalue weighted by Crippen LogP contribution is 2.30. The molecule has 0 aliphatic carbocycles. The van der Waals surface area contributed by atoms with E-state index >= 15 is 0 Å². The largest absolute Gasteiger partial charge is 0.479 e. The highest BCUT2D eigenvalue weighted by molar-refractivity contribution is 8.00. The van der Waals surface area contributed by atoms with Gasteiger partial charge in [0, 0.05) is 11.9 Å². The van der Waals surface area contributed by atoms with Gasteiger partial charge in [-0.2, -0.15) is 4.98 Å². The fraction of sp³-hybridized carbons (Fsp3) is 0.375. The van der Waals surface area contributed by atoms with Gasteiger partial charge in [-0.15, -0.1) is 11.8 Å². The van der Waals surface area contributed by atoms with Crippen molar-refractivity contribution in [2.75, 3.05) is 11.5 Å². The van der Waals surface area contributed by atoms with E-state index in [1.54, 1.807) is 0 Å². The van der Waals surface area contributed by atoms with Crippen molar-refractivity contribution in [3.05, 3.63) is 22.7 Å². The van der Waals surface area contributed by atoms with E-state index in [1.807, 2.05) is 0 Å². The first kappa shape index (κ1) is 11.0. The molecule has 0 saturated carbocycles. The van der Waals surface area contributed by atoms with Gasteiger partial charge < -0.3 is 15.6 Å². The first-order chi connectivity index (χ1) is 7.58. The maximum absolute atomic E-state index is 11.4. The van der Waals surface area contributed by atoms with Crippen LogP contribution in [-0.4, -0.2) is 31.8 Å². The Kier molecular flexibility index (Phi) is 2.84. The van der Waals surface area contributed by atoms with Gasteiger partial charge in [0.15, 0.2) is 0 Å². The highest BCUT2D eigenvalue weighted by atomic mass is 32.2. The summed E-state index contributed by atoms with van der Waals surface area (Å²) in [7, 11) is 0. The molecule has 1 aromatic heterocycles. The molecule has 3 N–H and O–H groups in total. The van der Waals surface area contributed by atoms with Crippen molar-refractivity contribution in [3.63, 3.8) is 0 Å². The molecule has 1 fully saturated rings. The van der Waals surface area contributed by atoms with E-state index in [9.17, 15) is 9.59 Å². The number of nitrogens with two attached hydrogens (primary N) is 1. The van der Waals surface area contributed by atoms with Gasteiger partial charge in [0.05, 0.1) is 0 Å². The fourth-order valence-corrected chi connectivity index (χ4v) is 2.24. The number of carbonyl (C=O) groups is 1. The van der Waals surface area contributed by atoms with Gasteiger partial charge in [-0.25, -0.2) is 9.59 Å². The molecule has 1 saturated heterocycles. The molecular weight excluding hydrogens is 234 g/mol. The molecule has 0 radical (unpaired) electrons. The zero-order valence-corrected chi connectivity index (χ0v) is 8.88. The number of carboxylic acids is 1. The molecule has 0 amide bonds. The first-order valence-corrected chi connectivity index (χ1v) is 5.47. The van der Waals surface area contributed by atoms with Crippen LogP contribution in [0.15, 0.2) is 17.1 Å². The molecule has 86 valence electrons. The number of carboxylic acid groups (broad SMARTS) is 1. The summed E-state index contributed by atoms with van der Waals surface area (Å²) in [5.74, 6) is -0.534. The lowest BCUT2D eigenvalue weighted by Crippen LogP contribution is -2.29. The number of ether oxygens (including phenoxy) is 1. The summed E-state index contributed by atoms with van der Waals surface area (Å²) in [6, 6.07) is 1.46. The molecule has 0 unspecified atom stereocenters. The van der Waals surface area contributed by atoms with Crippen molar-refractivity contribution in [2.24, 2.45) is 0 Å². The molecule has 0 spiro atoms. The predicted molar refractivity (Wildman–Crippen MR) is 56.9 cm³/mol. The van der Waals surface area contributed by atoms with Crippen LogP contribution in [0.2, 0.25) is 0 Å². The summed E-state index contributed by atoms with van der Waals surface area (Å²) < 4.78 is 6.40. The molecule has 1 aliphatic rings. The lowest BCUT2D eigenvalue weighted by Gasteiger charge is -2.12. The van der Waals surface area contributed by atoms with Crippen LogP contribution in [0.5, 0.6) is 0 Å². The fourth-order valence-electron chi connectivity index (χ4n) is 1.31. The first-order valence-electron chi connectivity index (χ1n) is 4.42. The molecule has 7 nitrogen and oxygen atoms in total. The average molecular weight is 243 g/mol. The number of thioether (sulfide) groups is 1. The quantitative estimate of drug-likeness (QED) is 0.720. The minimum absolute atomic E-state index is 0.127. The van der Waals surface area contributed by atoms with Crippen molar-refractivity contribution < 1.29 is 14.6 Å². The van der Waals surface area contributed by atoms with E-state index in [-0.39, 0.29) is 5.82 Å². The number of nitrogens with zero attached hydrogens (tertiary/aromatic N) is 2. The van der Waals surface area contributed by atoms with Crippen LogP contribution in [0.1, 0.15) is 6.23 Å². The Balaban J connectivity index is 2.21. The molecular formula is C8H9N3O4S. The number of rotatable bonds is 2. The second kappa shape index (κ2) is 4.14. The normalized spacial score (nSPS) is 24.5. The standard InChI is InChI=1S/C8H9N3O4S/c9-4-1-2-11(8(14)10-4)5-3-16-7(15-5)6(12)13/h1-2,5,7H,3H2,(H,12,13)(H2,9,10,14)/t5-,7+/m1/s1. The molecule has 0 aromatic carbocycles. The molecule has 2 rings (SSSR count). The maximum atomic E-state index is 11.4. The number of aliphatic carboxylic acids is 1. The van der Waals surface area contributed by atoms with Gasteiger partial charge in [-0.05, 0) is 6.07 Å². The zero-order valence-electron chi connectivity index (χ0n) is 8.07. The van der Waals surface area contributed by atoms with Crippen LogP contribution in [0.3, 0.4) is 0 Å².